The SMILES string of the molecule is O=C(c1ccccc1)N1CCN(CCC2COCCO2)CC1. The van der Waals surface area contributed by atoms with Crippen molar-refractivity contribution in [2.24, 2.45) is 0 Å². The summed E-state index contributed by atoms with van der Waals surface area (Å²) in [6.45, 7) is 6.64. The molecule has 1 aromatic rings. The molecular formula is C17H24N2O3. The molecule has 1 unspecified atom stereocenters. The summed E-state index contributed by atoms with van der Waals surface area (Å²) in [5.41, 5.74) is 0.781. The van der Waals surface area contributed by atoms with Crippen LogP contribution in [0.2, 0.25) is 0 Å². The molecule has 1 aromatic carbocycles. The summed E-state index contributed by atoms with van der Waals surface area (Å²) < 4.78 is 11.1. The lowest BCUT2D eigenvalue weighted by atomic mass is 10.1. The van der Waals surface area contributed by atoms with Crippen LogP contribution in [0.1, 0.15) is 16.8 Å². The Bertz CT molecular complexity index is 466. The molecule has 0 aliphatic carbocycles. The number of amides is 1. The average Bonchev–Trinajstić information content (AvgIpc) is 2.61. The van der Waals surface area contributed by atoms with Gasteiger partial charge in [0.1, 0.15) is 0 Å². The van der Waals surface area contributed by atoms with E-state index in [2.05, 4.69) is 4.90 Å². The Balaban J connectivity index is 1.41. The molecule has 0 aromatic heterocycles. The van der Waals surface area contributed by atoms with Gasteiger partial charge in [-0.15, -0.1) is 0 Å². The molecule has 2 aliphatic heterocycles. The van der Waals surface area contributed by atoms with E-state index in [1.165, 1.54) is 0 Å². The van der Waals surface area contributed by atoms with E-state index in [1.54, 1.807) is 0 Å². The molecule has 0 radical (unpaired) electrons. The van der Waals surface area contributed by atoms with Gasteiger partial charge in [-0.3, -0.25) is 9.69 Å². The highest BCUT2D eigenvalue weighted by atomic mass is 16.6. The van der Waals surface area contributed by atoms with E-state index in [4.69, 9.17) is 9.47 Å². The Kier molecular flexibility index (Phi) is 5.43. The number of carbonyl (C=O) groups excluding carboxylic acids is 1. The monoisotopic (exact) mass is 304 g/mol. The third-order valence-electron chi connectivity index (χ3n) is 4.33. The molecule has 0 spiro atoms. The van der Waals surface area contributed by atoms with Gasteiger partial charge < -0.3 is 14.4 Å². The van der Waals surface area contributed by atoms with E-state index < -0.39 is 0 Å². The van der Waals surface area contributed by atoms with Crippen LogP contribution < -0.4 is 0 Å². The van der Waals surface area contributed by atoms with E-state index in [-0.39, 0.29) is 12.0 Å². The van der Waals surface area contributed by atoms with Gasteiger partial charge in [-0.05, 0) is 18.6 Å². The van der Waals surface area contributed by atoms with Crippen molar-refractivity contribution in [3.05, 3.63) is 35.9 Å². The number of ether oxygens (including phenoxy) is 2. The van der Waals surface area contributed by atoms with Gasteiger partial charge in [0.25, 0.3) is 5.91 Å². The van der Waals surface area contributed by atoms with Gasteiger partial charge in [-0.2, -0.15) is 0 Å². The molecule has 0 bridgehead atoms. The van der Waals surface area contributed by atoms with Crippen molar-refractivity contribution < 1.29 is 14.3 Å². The molecule has 0 N–H and O–H groups in total. The van der Waals surface area contributed by atoms with E-state index in [9.17, 15) is 4.79 Å². The molecular weight excluding hydrogens is 280 g/mol. The van der Waals surface area contributed by atoms with Gasteiger partial charge in [-0.25, -0.2) is 0 Å². The number of nitrogens with zero attached hydrogens (tertiary/aromatic N) is 2. The Morgan fingerprint density at radius 2 is 1.86 bits per heavy atom. The molecule has 2 saturated heterocycles. The molecule has 1 amide bonds. The minimum absolute atomic E-state index is 0.143. The average molecular weight is 304 g/mol. The number of benzene rings is 1. The number of hydrogen-bond donors (Lipinski definition) is 0. The predicted molar refractivity (Wildman–Crippen MR) is 84.0 cm³/mol. The summed E-state index contributed by atoms with van der Waals surface area (Å²) in [5.74, 6) is 0.143. The van der Waals surface area contributed by atoms with Gasteiger partial charge in [0, 0.05) is 38.3 Å². The zero-order valence-corrected chi connectivity index (χ0v) is 12.9. The van der Waals surface area contributed by atoms with Crippen molar-refractivity contribution in [2.75, 3.05) is 52.5 Å². The highest BCUT2D eigenvalue weighted by Crippen LogP contribution is 2.11. The van der Waals surface area contributed by atoms with Crippen molar-refractivity contribution in [3.63, 3.8) is 0 Å². The molecule has 2 fully saturated rings. The minimum atomic E-state index is 0.143. The topological polar surface area (TPSA) is 42.0 Å². The highest BCUT2D eigenvalue weighted by molar-refractivity contribution is 5.94. The van der Waals surface area contributed by atoms with Gasteiger partial charge in [0.15, 0.2) is 0 Å². The van der Waals surface area contributed by atoms with Crippen LogP contribution in [-0.4, -0.2) is 74.4 Å². The fraction of sp³-hybridized carbons (Fsp3) is 0.588. The van der Waals surface area contributed by atoms with Gasteiger partial charge in [0.2, 0.25) is 0 Å². The lowest BCUT2D eigenvalue weighted by Gasteiger charge is -2.35. The number of carbonyl (C=O) groups is 1. The Morgan fingerprint density at radius 1 is 1.09 bits per heavy atom. The standard InChI is InChI=1S/C17H24N2O3/c20-17(15-4-2-1-3-5-15)19-10-8-18(9-11-19)7-6-16-14-21-12-13-22-16/h1-5,16H,6-14H2. The van der Waals surface area contributed by atoms with Crippen LogP contribution in [0, 0.1) is 0 Å². The summed E-state index contributed by atoms with van der Waals surface area (Å²) in [5, 5.41) is 0. The number of rotatable bonds is 4. The lowest BCUT2D eigenvalue weighted by molar-refractivity contribution is -0.0931. The first-order chi connectivity index (χ1) is 10.8. The van der Waals surface area contributed by atoms with Crippen LogP contribution >= 0.6 is 0 Å². The summed E-state index contributed by atoms with van der Waals surface area (Å²) in [6, 6.07) is 9.53. The minimum Gasteiger partial charge on any atom is -0.376 e. The van der Waals surface area contributed by atoms with Gasteiger partial charge in [0.05, 0.1) is 25.9 Å². The molecule has 3 rings (SSSR count). The van der Waals surface area contributed by atoms with E-state index in [0.717, 1.165) is 51.3 Å². The molecule has 1 atom stereocenters. The summed E-state index contributed by atoms with van der Waals surface area (Å²) in [7, 11) is 0. The van der Waals surface area contributed by atoms with Crippen molar-refractivity contribution >= 4 is 5.91 Å². The van der Waals surface area contributed by atoms with Crippen LogP contribution in [0.5, 0.6) is 0 Å². The number of piperazine rings is 1. The van der Waals surface area contributed by atoms with Crippen molar-refractivity contribution in [2.45, 2.75) is 12.5 Å². The van der Waals surface area contributed by atoms with E-state index >= 15 is 0 Å². The van der Waals surface area contributed by atoms with Crippen LogP contribution in [0.25, 0.3) is 0 Å². The summed E-state index contributed by atoms with van der Waals surface area (Å²) in [6.07, 6.45) is 1.24. The maximum Gasteiger partial charge on any atom is 0.253 e. The summed E-state index contributed by atoms with van der Waals surface area (Å²) >= 11 is 0. The Hall–Kier alpha value is -1.43. The zero-order chi connectivity index (χ0) is 15.2. The number of hydrogen-bond acceptors (Lipinski definition) is 4. The highest BCUT2D eigenvalue weighted by Gasteiger charge is 2.23. The van der Waals surface area contributed by atoms with Gasteiger partial charge >= 0.3 is 0 Å². The maximum absolute atomic E-state index is 12.4. The van der Waals surface area contributed by atoms with E-state index in [1.807, 2.05) is 35.2 Å². The first-order valence-corrected chi connectivity index (χ1v) is 8.09. The van der Waals surface area contributed by atoms with Crippen LogP contribution in [-0.2, 0) is 9.47 Å². The summed E-state index contributed by atoms with van der Waals surface area (Å²) in [4.78, 5) is 16.7. The largest absolute Gasteiger partial charge is 0.376 e. The van der Waals surface area contributed by atoms with Crippen LogP contribution in [0.4, 0.5) is 0 Å². The second-order valence-electron chi connectivity index (χ2n) is 5.86. The second kappa shape index (κ2) is 7.72. The van der Waals surface area contributed by atoms with Crippen molar-refractivity contribution in [1.82, 2.24) is 9.80 Å². The van der Waals surface area contributed by atoms with Crippen LogP contribution in [0.3, 0.4) is 0 Å². The van der Waals surface area contributed by atoms with Crippen LogP contribution in [0.15, 0.2) is 30.3 Å². The molecule has 5 heteroatoms. The zero-order valence-electron chi connectivity index (χ0n) is 12.9. The Morgan fingerprint density at radius 3 is 2.55 bits per heavy atom. The first-order valence-electron chi connectivity index (χ1n) is 8.09. The third kappa shape index (κ3) is 4.06. The Labute approximate surface area is 131 Å². The predicted octanol–water partition coefficient (Wildman–Crippen LogP) is 1.25. The maximum atomic E-state index is 12.4. The molecule has 120 valence electrons. The lowest BCUT2D eigenvalue weighted by Crippen LogP contribution is -2.49. The molecule has 2 aliphatic rings. The smallest absolute Gasteiger partial charge is 0.253 e. The molecule has 5 nitrogen and oxygen atoms in total. The second-order valence-corrected chi connectivity index (χ2v) is 5.86. The quantitative estimate of drug-likeness (QED) is 0.839. The third-order valence-corrected chi connectivity index (χ3v) is 4.33. The molecule has 0 saturated carbocycles. The fourth-order valence-corrected chi connectivity index (χ4v) is 2.97. The van der Waals surface area contributed by atoms with Crippen molar-refractivity contribution in [1.29, 1.82) is 0 Å². The molecule has 22 heavy (non-hydrogen) atoms. The van der Waals surface area contributed by atoms with E-state index in [0.29, 0.717) is 13.2 Å². The van der Waals surface area contributed by atoms with Gasteiger partial charge in [-0.1, -0.05) is 18.2 Å². The van der Waals surface area contributed by atoms with Crippen molar-refractivity contribution in [3.8, 4) is 0 Å². The first kappa shape index (κ1) is 15.5. The normalized spacial score (nSPS) is 23.5. The molecule has 2 heterocycles. The fourth-order valence-electron chi connectivity index (χ4n) is 2.97.